The second kappa shape index (κ2) is 7.01. The average Bonchev–Trinajstić information content (AvgIpc) is 2.40. The van der Waals surface area contributed by atoms with E-state index in [0.29, 0.717) is 0 Å². The molecule has 0 amide bonds. The molecule has 0 spiro atoms. The number of halogens is 7. The van der Waals surface area contributed by atoms with Gasteiger partial charge in [0.15, 0.2) is 0 Å². The molecule has 1 aromatic carbocycles. The van der Waals surface area contributed by atoms with Crippen molar-refractivity contribution in [1.82, 2.24) is 0 Å². The van der Waals surface area contributed by atoms with Gasteiger partial charge in [0.25, 0.3) is 0 Å². The molecule has 0 aliphatic heterocycles. The van der Waals surface area contributed by atoms with E-state index < -0.39 is 36.1 Å². The van der Waals surface area contributed by atoms with Gasteiger partial charge in [-0.05, 0) is 38.5 Å². The zero-order chi connectivity index (χ0) is 19.7. The van der Waals surface area contributed by atoms with E-state index in [0.717, 1.165) is 7.11 Å². The molecule has 0 N–H and O–H groups in total. The SMILES string of the molecule is COC(CC(F)(C(F)(F)F)C(F)(F)F)c1cccc(OC(C)(C)C)c1. The van der Waals surface area contributed by atoms with Crippen LogP contribution in [-0.2, 0) is 4.74 Å². The molecule has 0 bridgehead atoms. The first-order valence-electron chi connectivity index (χ1n) is 7.25. The lowest BCUT2D eigenvalue weighted by molar-refractivity contribution is -0.348. The lowest BCUT2D eigenvalue weighted by Crippen LogP contribution is -2.54. The van der Waals surface area contributed by atoms with E-state index in [1.807, 2.05) is 0 Å². The molecule has 1 unspecified atom stereocenters. The highest BCUT2D eigenvalue weighted by Gasteiger charge is 2.72. The van der Waals surface area contributed by atoms with E-state index in [-0.39, 0.29) is 11.3 Å². The summed E-state index contributed by atoms with van der Waals surface area (Å²) >= 11 is 0. The predicted octanol–water partition coefficient (Wildman–Crippen LogP) is 5.77. The standard InChI is InChI=1S/C16H19F7O2/c1-13(2,3)25-11-7-5-6-10(8-11)12(24-4)9-14(17,15(18,19)20)16(21,22)23/h5-8,12H,9H2,1-4H3. The summed E-state index contributed by atoms with van der Waals surface area (Å²) in [6.07, 6.45) is -16.0. The Hall–Kier alpha value is -1.51. The van der Waals surface area contributed by atoms with Gasteiger partial charge in [-0.3, -0.25) is 0 Å². The van der Waals surface area contributed by atoms with Gasteiger partial charge in [-0.1, -0.05) is 12.1 Å². The van der Waals surface area contributed by atoms with Crippen molar-refractivity contribution in [2.75, 3.05) is 7.11 Å². The summed E-state index contributed by atoms with van der Waals surface area (Å²) in [6.45, 7) is 5.15. The van der Waals surface area contributed by atoms with E-state index >= 15 is 0 Å². The zero-order valence-electron chi connectivity index (χ0n) is 14.1. The molecule has 9 heteroatoms. The van der Waals surface area contributed by atoms with E-state index in [4.69, 9.17) is 9.47 Å². The molecule has 0 saturated carbocycles. The Bertz CT molecular complexity index is 559. The Labute approximate surface area is 140 Å². The minimum atomic E-state index is -6.12. The minimum Gasteiger partial charge on any atom is -0.488 e. The van der Waals surface area contributed by atoms with Crippen molar-refractivity contribution in [2.24, 2.45) is 0 Å². The summed E-state index contributed by atoms with van der Waals surface area (Å²) in [6, 6.07) is 5.34. The van der Waals surface area contributed by atoms with Crippen molar-refractivity contribution in [1.29, 1.82) is 0 Å². The number of alkyl halides is 7. The molecular formula is C16H19F7O2. The number of benzene rings is 1. The highest BCUT2D eigenvalue weighted by molar-refractivity contribution is 5.31. The maximum atomic E-state index is 13.9. The fourth-order valence-electron chi connectivity index (χ4n) is 2.12. The minimum absolute atomic E-state index is 0.0558. The average molecular weight is 376 g/mol. The van der Waals surface area contributed by atoms with Crippen molar-refractivity contribution >= 4 is 0 Å². The summed E-state index contributed by atoms with van der Waals surface area (Å²) in [4.78, 5) is 0. The molecule has 0 saturated heterocycles. The molecule has 0 aromatic heterocycles. The molecule has 0 fully saturated rings. The Morgan fingerprint density at radius 2 is 1.44 bits per heavy atom. The number of hydrogen-bond acceptors (Lipinski definition) is 2. The molecule has 144 valence electrons. The maximum absolute atomic E-state index is 13.9. The first kappa shape index (κ1) is 21.5. The molecule has 0 radical (unpaired) electrons. The van der Waals surface area contributed by atoms with Crippen LogP contribution in [0.4, 0.5) is 30.7 Å². The van der Waals surface area contributed by atoms with Crippen molar-refractivity contribution in [3.63, 3.8) is 0 Å². The smallest absolute Gasteiger partial charge is 0.431 e. The van der Waals surface area contributed by atoms with Crippen LogP contribution in [0.15, 0.2) is 24.3 Å². The lowest BCUT2D eigenvalue weighted by Gasteiger charge is -2.32. The normalized spacial score (nSPS) is 15.2. The Kier molecular flexibility index (Phi) is 6.04. The lowest BCUT2D eigenvalue weighted by atomic mass is 9.92. The van der Waals surface area contributed by atoms with Gasteiger partial charge < -0.3 is 9.47 Å². The molecular weight excluding hydrogens is 357 g/mol. The molecule has 25 heavy (non-hydrogen) atoms. The quantitative estimate of drug-likeness (QED) is 0.607. The summed E-state index contributed by atoms with van der Waals surface area (Å²) in [5.41, 5.74) is -6.08. The highest BCUT2D eigenvalue weighted by atomic mass is 19.4. The molecule has 0 heterocycles. The van der Waals surface area contributed by atoms with Crippen molar-refractivity contribution in [3.05, 3.63) is 29.8 Å². The van der Waals surface area contributed by atoms with Gasteiger partial charge in [0.2, 0.25) is 0 Å². The molecule has 1 rings (SSSR count). The van der Waals surface area contributed by atoms with Gasteiger partial charge in [0.1, 0.15) is 11.4 Å². The summed E-state index contributed by atoms with van der Waals surface area (Å²) < 4.78 is 101. The topological polar surface area (TPSA) is 18.5 Å². The van der Waals surface area contributed by atoms with Crippen LogP contribution in [0.1, 0.15) is 38.9 Å². The van der Waals surface area contributed by atoms with Crippen LogP contribution in [0.5, 0.6) is 5.75 Å². The van der Waals surface area contributed by atoms with Gasteiger partial charge in [-0.2, -0.15) is 26.3 Å². The van der Waals surface area contributed by atoms with Crippen LogP contribution in [0, 0.1) is 0 Å². The second-order valence-corrected chi connectivity index (χ2v) is 6.51. The van der Waals surface area contributed by atoms with Crippen molar-refractivity contribution in [3.8, 4) is 5.75 Å². The number of hydrogen-bond donors (Lipinski definition) is 0. The third-order valence-electron chi connectivity index (χ3n) is 3.30. The molecule has 0 aliphatic carbocycles. The largest absolute Gasteiger partial charge is 0.488 e. The maximum Gasteiger partial charge on any atom is 0.431 e. The van der Waals surface area contributed by atoms with Crippen molar-refractivity contribution in [2.45, 2.75) is 56.9 Å². The predicted molar refractivity (Wildman–Crippen MR) is 77.1 cm³/mol. The summed E-state index contributed by atoms with van der Waals surface area (Å²) in [7, 11) is 0.912. The van der Waals surface area contributed by atoms with Crippen LogP contribution in [-0.4, -0.2) is 30.7 Å². The summed E-state index contributed by atoms with van der Waals surface area (Å²) in [5.74, 6) is 0.218. The van der Waals surface area contributed by atoms with Crippen molar-refractivity contribution < 1.29 is 40.2 Å². The van der Waals surface area contributed by atoms with E-state index in [2.05, 4.69) is 0 Å². The molecule has 1 atom stereocenters. The summed E-state index contributed by atoms with van der Waals surface area (Å²) in [5, 5.41) is 0. The van der Waals surface area contributed by atoms with Gasteiger partial charge in [0.05, 0.1) is 6.10 Å². The highest BCUT2D eigenvalue weighted by Crippen LogP contribution is 2.51. The van der Waals surface area contributed by atoms with Crippen LogP contribution in [0.25, 0.3) is 0 Å². The monoisotopic (exact) mass is 376 g/mol. The molecule has 2 nitrogen and oxygen atoms in total. The van der Waals surface area contributed by atoms with E-state index in [1.165, 1.54) is 24.3 Å². The van der Waals surface area contributed by atoms with E-state index in [9.17, 15) is 30.7 Å². The van der Waals surface area contributed by atoms with Crippen LogP contribution < -0.4 is 4.74 Å². The fourth-order valence-corrected chi connectivity index (χ4v) is 2.12. The number of ether oxygens (including phenoxy) is 2. The van der Waals surface area contributed by atoms with Gasteiger partial charge in [-0.25, -0.2) is 4.39 Å². The number of rotatable bonds is 5. The van der Waals surface area contributed by atoms with E-state index in [1.54, 1.807) is 20.8 Å². The first-order valence-corrected chi connectivity index (χ1v) is 7.25. The number of methoxy groups -OCH3 is 1. The third kappa shape index (κ3) is 5.23. The molecule has 0 aliphatic rings. The van der Waals surface area contributed by atoms with Gasteiger partial charge in [0, 0.05) is 13.5 Å². The molecule has 1 aromatic rings. The van der Waals surface area contributed by atoms with Crippen LogP contribution in [0.3, 0.4) is 0 Å². The van der Waals surface area contributed by atoms with Gasteiger partial charge >= 0.3 is 18.0 Å². The first-order chi connectivity index (χ1) is 11.1. The third-order valence-corrected chi connectivity index (χ3v) is 3.30. The zero-order valence-corrected chi connectivity index (χ0v) is 14.1. The van der Waals surface area contributed by atoms with Gasteiger partial charge in [-0.15, -0.1) is 0 Å². The second-order valence-electron chi connectivity index (χ2n) is 6.51. The Morgan fingerprint density at radius 1 is 0.920 bits per heavy atom. The fraction of sp³-hybridized carbons (Fsp3) is 0.625. The van der Waals surface area contributed by atoms with Crippen LogP contribution in [0.2, 0.25) is 0 Å². The van der Waals surface area contributed by atoms with Crippen LogP contribution >= 0.6 is 0 Å². The Balaban J connectivity index is 3.20. The Morgan fingerprint density at radius 3 is 1.84 bits per heavy atom.